The summed E-state index contributed by atoms with van der Waals surface area (Å²) in [4.78, 5) is 0. The third kappa shape index (κ3) is 16.9. The summed E-state index contributed by atoms with van der Waals surface area (Å²) in [6.45, 7) is 3.10. The fourth-order valence-electron chi connectivity index (χ4n) is 1.52. The maximum atomic E-state index is 5.60. The van der Waals surface area contributed by atoms with Crippen molar-refractivity contribution in [3.8, 4) is 0 Å². The summed E-state index contributed by atoms with van der Waals surface area (Å²) in [5.74, 6) is 0.820. The lowest BCUT2D eigenvalue weighted by atomic mass is 10.1. The molecule has 0 aliphatic heterocycles. The van der Waals surface area contributed by atoms with Crippen LogP contribution in [0.2, 0.25) is 0 Å². The van der Waals surface area contributed by atoms with Gasteiger partial charge in [-0.15, -0.1) is 24.0 Å². The van der Waals surface area contributed by atoms with Gasteiger partial charge >= 0.3 is 0 Å². The smallest absolute Gasteiger partial charge is 0.0474 e. The van der Waals surface area contributed by atoms with Gasteiger partial charge in [0.2, 0.25) is 0 Å². The van der Waals surface area contributed by atoms with Crippen LogP contribution in [0.25, 0.3) is 0 Å². The number of unbranched alkanes of at least 4 members (excludes halogenated alkanes) is 5. The average Bonchev–Trinajstić information content (AvgIpc) is 2.26. The van der Waals surface area contributed by atoms with Crippen molar-refractivity contribution in [2.75, 3.05) is 32.7 Å². The van der Waals surface area contributed by atoms with Gasteiger partial charge in [0.15, 0.2) is 0 Å². The van der Waals surface area contributed by atoms with Crippen LogP contribution < -0.4 is 5.32 Å². The summed E-state index contributed by atoms with van der Waals surface area (Å²) in [6, 6.07) is 0. The van der Waals surface area contributed by atoms with Crippen LogP contribution in [0.5, 0.6) is 0 Å². The topological polar surface area (TPSA) is 21.3 Å². The highest BCUT2D eigenvalue weighted by atomic mass is 35.5. The SMILES string of the molecule is COCCCNCCCCCCCCCl.Cl. The predicted molar refractivity (Wildman–Crippen MR) is 75.0 cm³/mol. The molecule has 0 radical (unpaired) electrons. The van der Waals surface area contributed by atoms with Crippen molar-refractivity contribution in [1.29, 1.82) is 0 Å². The molecule has 0 saturated heterocycles. The number of rotatable bonds is 12. The van der Waals surface area contributed by atoms with Crippen molar-refractivity contribution in [1.82, 2.24) is 5.32 Å². The van der Waals surface area contributed by atoms with Gasteiger partial charge < -0.3 is 10.1 Å². The molecule has 1 N–H and O–H groups in total. The molecule has 0 aromatic heterocycles. The number of hydrogen-bond donors (Lipinski definition) is 1. The van der Waals surface area contributed by atoms with Gasteiger partial charge in [-0.05, 0) is 32.4 Å². The number of methoxy groups -OCH3 is 1. The Balaban J connectivity index is 0. The number of ether oxygens (including phenoxy) is 1. The molecule has 0 bridgehead atoms. The van der Waals surface area contributed by atoms with E-state index < -0.39 is 0 Å². The van der Waals surface area contributed by atoms with Crippen molar-refractivity contribution in [2.24, 2.45) is 0 Å². The summed E-state index contributed by atoms with van der Waals surface area (Å²) in [5, 5.41) is 3.42. The van der Waals surface area contributed by atoms with E-state index in [2.05, 4.69) is 5.32 Å². The van der Waals surface area contributed by atoms with Gasteiger partial charge in [-0.1, -0.05) is 25.7 Å². The van der Waals surface area contributed by atoms with Gasteiger partial charge in [-0.25, -0.2) is 0 Å². The Bertz CT molecular complexity index is 103. The zero-order valence-corrected chi connectivity index (χ0v) is 12.0. The van der Waals surface area contributed by atoms with E-state index in [4.69, 9.17) is 16.3 Å². The maximum Gasteiger partial charge on any atom is 0.0474 e. The van der Waals surface area contributed by atoms with E-state index in [0.717, 1.165) is 32.0 Å². The van der Waals surface area contributed by atoms with Crippen LogP contribution in [0.15, 0.2) is 0 Å². The highest BCUT2D eigenvalue weighted by Gasteiger charge is 1.91. The molecule has 2 nitrogen and oxygen atoms in total. The fraction of sp³-hybridized carbons (Fsp3) is 1.00. The first kappa shape index (κ1) is 18.9. The van der Waals surface area contributed by atoms with Gasteiger partial charge in [0.05, 0.1) is 0 Å². The molecule has 4 heteroatoms. The van der Waals surface area contributed by atoms with Crippen molar-refractivity contribution >= 4 is 24.0 Å². The minimum atomic E-state index is 0. The lowest BCUT2D eigenvalue weighted by Gasteiger charge is -2.04. The van der Waals surface area contributed by atoms with E-state index in [1.165, 1.54) is 38.5 Å². The van der Waals surface area contributed by atoms with Crippen LogP contribution in [0.3, 0.4) is 0 Å². The molecule has 0 aromatic rings. The molecule has 0 aliphatic rings. The van der Waals surface area contributed by atoms with E-state index in [1.807, 2.05) is 0 Å². The Kier molecular flexibility index (Phi) is 21.1. The lowest BCUT2D eigenvalue weighted by Crippen LogP contribution is -2.17. The van der Waals surface area contributed by atoms with Gasteiger partial charge in [0, 0.05) is 19.6 Å². The number of nitrogens with one attached hydrogen (secondary N) is 1. The van der Waals surface area contributed by atoms with Crippen molar-refractivity contribution < 1.29 is 4.74 Å². The summed E-state index contributed by atoms with van der Waals surface area (Å²) in [6.07, 6.45) is 8.94. The van der Waals surface area contributed by atoms with Crippen LogP contribution in [0.1, 0.15) is 44.9 Å². The Morgan fingerprint density at radius 1 is 0.875 bits per heavy atom. The van der Waals surface area contributed by atoms with E-state index in [0.29, 0.717) is 0 Å². The lowest BCUT2D eigenvalue weighted by molar-refractivity contribution is 0.194. The number of alkyl halides is 1. The molecular weight excluding hydrogens is 245 g/mol. The van der Waals surface area contributed by atoms with Crippen molar-refractivity contribution in [2.45, 2.75) is 44.9 Å². The minimum absolute atomic E-state index is 0. The summed E-state index contributed by atoms with van der Waals surface area (Å²) in [7, 11) is 1.75. The summed E-state index contributed by atoms with van der Waals surface area (Å²) >= 11 is 5.60. The monoisotopic (exact) mass is 271 g/mol. The molecule has 0 unspecified atom stereocenters. The van der Waals surface area contributed by atoms with E-state index in [9.17, 15) is 0 Å². The molecule has 0 amide bonds. The van der Waals surface area contributed by atoms with Crippen molar-refractivity contribution in [3.63, 3.8) is 0 Å². The molecule has 0 fully saturated rings. The van der Waals surface area contributed by atoms with Gasteiger partial charge in [-0.3, -0.25) is 0 Å². The molecular formula is C12H27Cl2NO. The number of hydrogen-bond acceptors (Lipinski definition) is 2. The molecule has 0 atom stereocenters. The highest BCUT2D eigenvalue weighted by molar-refractivity contribution is 6.17. The first-order valence-corrected chi connectivity index (χ1v) is 6.71. The molecule has 0 aliphatic carbocycles. The zero-order valence-electron chi connectivity index (χ0n) is 10.5. The Labute approximate surface area is 112 Å². The molecule has 0 heterocycles. The van der Waals surface area contributed by atoms with E-state index in [-0.39, 0.29) is 12.4 Å². The maximum absolute atomic E-state index is 5.60. The fourth-order valence-corrected chi connectivity index (χ4v) is 1.71. The summed E-state index contributed by atoms with van der Waals surface area (Å²) in [5.41, 5.74) is 0. The van der Waals surface area contributed by atoms with Crippen LogP contribution in [-0.2, 0) is 4.74 Å². The standard InChI is InChI=1S/C12H26ClNO.ClH/c1-15-12-8-11-14-10-7-5-3-2-4-6-9-13;/h14H,2-12H2,1H3;1H. The van der Waals surface area contributed by atoms with Crippen LogP contribution >= 0.6 is 24.0 Å². The second kappa shape index (κ2) is 17.9. The molecule has 16 heavy (non-hydrogen) atoms. The van der Waals surface area contributed by atoms with Gasteiger partial charge in [0.1, 0.15) is 0 Å². The summed E-state index contributed by atoms with van der Waals surface area (Å²) < 4.78 is 4.97. The zero-order chi connectivity index (χ0) is 11.2. The first-order valence-electron chi connectivity index (χ1n) is 6.17. The quantitative estimate of drug-likeness (QED) is 0.433. The van der Waals surface area contributed by atoms with Crippen molar-refractivity contribution in [3.05, 3.63) is 0 Å². The van der Waals surface area contributed by atoms with E-state index in [1.54, 1.807) is 7.11 Å². The second-order valence-electron chi connectivity index (χ2n) is 3.91. The second-order valence-corrected chi connectivity index (χ2v) is 4.28. The van der Waals surface area contributed by atoms with E-state index >= 15 is 0 Å². The Hall–Kier alpha value is 0.500. The molecule has 0 spiro atoms. The van der Waals surface area contributed by atoms with Gasteiger partial charge in [-0.2, -0.15) is 0 Å². The normalized spacial score (nSPS) is 10.1. The average molecular weight is 272 g/mol. The third-order valence-electron chi connectivity index (χ3n) is 2.44. The molecule has 100 valence electrons. The van der Waals surface area contributed by atoms with Crippen LogP contribution in [0.4, 0.5) is 0 Å². The third-order valence-corrected chi connectivity index (χ3v) is 2.71. The molecule has 0 rings (SSSR count). The predicted octanol–water partition coefficient (Wildman–Crippen LogP) is 3.61. The highest BCUT2D eigenvalue weighted by Crippen LogP contribution is 2.05. The van der Waals surface area contributed by atoms with Gasteiger partial charge in [0.25, 0.3) is 0 Å². The Morgan fingerprint density at radius 3 is 2.06 bits per heavy atom. The molecule has 0 saturated carbocycles. The number of halogens is 2. The van der Waals surface area contributed by atoms with Crippen LogP contribution in [0, 0.1) is 0 Å². The Morgan fingerprint density at radius 2 is 1.44 bits per heavy atom. The largest absolute Gasteiger partial charge is 0.385 e. The molecule has 0 aromatic carbocycles. The van der Waals surface area contributed by atoms with Crippen LogP contribution in [-0.4, -0.2) is 32.7 Å². The first-order chi connectivity index (χ1) is 7.41. The minimum Gasteiger partial charge on any atom is -0.385 e.